The zero-order chi connectivity index (χ0) is 15.1. The number of hydrogen-bond donors (Lipinski definition) is 3. The molecule has 0 heterocycles. The Bertz CT molecular complexity index is 335. The predicted molar refractivity (Wildman–Crippen MR) is 75.6 cm³/mol. The molecule has 116 valence electrons. The summed E-state index contributed by atoms with van der Waals surface area (Å²) in [6.45, 7) is 4.58. The lowest BCUT2D eigenvalue weighted by molar-refractivity contribution is -0.139. The first-order valence-electron chi connectivity index (χ1n) is 7.23. The quantitative estimate of drug-likeness (QED) is 0.692. The summed E-state index contributed by atoms with van der Waals surface area (Å²) in [6.07, 6.45) is 2.73. The number of nitrogens with one attached hydrogen (secondary N) is 2. The third-order valence-electron chi connectivity index (χ3n) is 4.25. The van der Waals surface area contributed by atoms with Crippen molar-refractivity contribution in [2.45, 2.75) is 51.7 Å². The van der Waals surface area contributed by atoms with Crippen molar-refractivity contribution in [1.82, 2.24) is 10.6 Å². The summed E-state index contributed by atoms with van der Waals surface area (Å²) in [5.74, 6) is 0.147. The lowest BCUT2D eigenvalue weighted by atomic mass is 9.78. The van der Waals surface area contributed by atoms with Crippen LogP contribution in [0.5, 0.6) is 0 Å². The molecule has 0 aromatic heterocycles. The molecule has 0 spiro atoms. The molecule has 1 aliphatic rings. The Labute approximate surface area is 120 Å². The molecular formula is C14H26N2O4. The molecule has 0 bridgehead atoms. The number of ether oxygens (including phenoxy) is 1. The van der Waals surface area contributed by atoms with Crippen LogP contribution in [-0.4, -0.2) is 42.9 Å². The molecule has 0 radical (unpaired) electrons. The topological polar surface area (TPSA) is 87.7 Å². The molecule has 4 atom stereocenters. The zero-order valence-electron chi connectivity index (χ0n) is 12.5. The van der Waals surface area contributed by atoms with Crippen molar-refractivity contribution in [3.05, 3.63) is 0 Å². The molecule has 1 rings (SSSR count). The van der Waals surface area contributed by atoms with Crippen molar-refractivity contribution in [3.63, 3.8) is 0 Å². The van der Waals surface area contributed by atoms with E-state index in [0.717, 1.165) is 12.8 Å². The molecule has 0 aromatic rings. The van der Waals surface area contributed by atoms with Gasteiger partial charge in [-0.15, -0.1) is 0 Å². The van der Waals surface area contributed by atoms with E-state index in [1.54, 1.807) is 0 Å². The Morgan fingerprint density at radius 2 is 2.05 bits per heavy atom. The van der Waals surface area contributed by atoms with E-state index < -0.39 is 12.1 Å². The Morgan fingerprint density at radius 1 is 1.35 bits per heavy atom. The van der Waals surface area contributed by atoms with Gasteiger partial charge < -0.3 is 20.5 Å². The number of carbonyl (C=O) groups is 2. The van der Waals surface area contributed by atoms with E-state index in [1.165, 1.54) is 13.5 Å². The predicted octanol–water partition coefficient (Wildman–Crippen LogP) is 1.60. The molecule has 20 heavy (non-hydrogen) atoms. The number of carboxylic acid groups (broad SMARTS) is 1. The summed E-state index contributed by atoms with van der Waals surface area (Å²) in [5.41, 5.74) is 0. The minimum Gasteiger partial charge on any atom is -0.481 e. The van der Waals surface area contributed by atoms with Gasteiger partial charge in [0.25, 0.3) is 0 Å². The van der Waals surface area contributed by atoms with Crippen molar-refractivity contribution in [2.24, 2.45) is 11.8 Å². The number of urea groups is 1. The van der Waals surface area contributed by atoms with Crippen LogP contribution in [0.2, 0.25) is 0 Å². The maximum atomic E-state index is 11.8. The van der Waals surface area contributed by atoms with Gasteiger partial charge in [0.05, 0.1) is 12.5 Å². The van der Waals surface area contributed by atoms with Gasteiger partial charge in [0, 0.05) is 19.7 Å². The van der Waals surface area contributed by atoms with Gasteiger partial charge in [0.2, 0.25) is 0 Å². The van der Waals surface area contributed by atoms with E-state index in [2.05, 4.69) is 24.5 Å². The summed E-state index contributed by atoms with van der Waals surface area (Å²) in [4.78, 5) is 22.4. The van der Waals surface area contributed by atoms with Gasteiger partial charge in [-0.2, -0.15) is 0 Å². The lowest BCUT2D eigenvalue weighted by Gasteiger charge is -2.34. The maximum absolute atomic E-state index is 11.8. The molecule has 1 aliphatic carbocycles. The summed E-state index contributed by atoms with van der Waals surface area (Å²) in [6, 6.07) is -0.0531. The Hall–Kier alpha value is -1.30. The van der Waals surface area contributed by atoms with Crippen LogP contribution < -0.4 is 10.6 Å². The van der Waals surface area contributed by atoms with E-state index >= 15 is 0 Å². The molecule has 4 unspecified atom stereocenters. The molecule has 1 fully saturated rings. The molecule has 6 nitrogen and oxygen atoms in total. The van der Waals surface area contributed by atoms with Crippen molar-refractivity contribution in [1.29, 1.82) is 0 Å². The van der Waals surface area contributed by atoms with Crippen molar-refractivity contribution in [2.75, 3.05) is 13.7 Å². The second-order valence-electron chi connectivity index (χ2n) is 5.68. The Morgan fingerprint density at radius 3 is 2.65 bits per heavy atom. The number of carbonyl (C=O) groups excluding carboxylic acids is 1. The number of aliphatic carboxylic acids is 1. The van der Waals surface area contributed by atoms with E-state index in [1.807, 2.05) is 0 Å². The number of methoxy groups -OCH3 is 1. The first kappa shape index (κ1) is 16.8. The minimum atomic E-state index is -0.936. The van der Waals surface area contributed by atoms with Crippen LogP contribution in [0.25, 0.3) is 0 Å². The highest BCUT2D eigenvalue weighted by atomic mass is 16.5. The average molecular weight is 286 g/mol. The van der Waals surface area contributed by atoms with Gasteiger partial charge in [-0.05, 0) is 18.3 Å². The molecule has 3 N–H and O–H groups in total. The fourth-order valence-electron chi connectivity index (χ4n) is 2.65. The monoisotopic (exact) mass is 286 g/mol. The summed E-state index contributed by atoms with van der Waals surface area (Å²) in [7, 11) is 1.44. The van der Waals surface area contributed by atoms with Crippen molar-refractivity contribution < 1.29 is 19.4 Å². The summed E-state index contributed by atoms with van der Waals surface area (Å²) in [5, 5.41) is 14.4. The molecule has 0 aromatic carbocycles. The van der Waals surface area contributed by atoms with Crippen molar-refractivity contribution >= 4 is 12.0 Å². The van der Waals surface area contributed by atoms with Gasteiger partial charge in [-0.25, -0.2) is 4.79 Å². The molecule has 0 saturated heterocycles. The normalized spacial score (nSPS) is 27.6. The fraction of sp³-hybridized carbons (Fsp3) is 0.857. The van der Waals surface area contributed by atoms with Gasteiger partial charge in [0.1, 0.15) is 0 Å². The first-order chi connectivity index (χ1) is 9.43. The van der Waals surface area contributed by atoms with Crippen LogP contribution in [-0.2, 0) is 9.53 Å². The Balaban J connectivity index is 2.33. The number of amides is 2. The standard InChI is InChI=1S/C14H26N2O4/c1-9-5-4-6-12(10(9)2)16-14(19)15-8-11(20-3)7-13(17)18/h9-12H,4-8H2,1-3H3,(H,17,18)(H2,15,16,19). The van der Waals surface area contributed by atoms with E-state index in [4.69, 9.17) is 9.84 Å². The number of rotatable bonds is 6. The van der Waals surface area contributed by atoms with E-state index in [9.17, 15) is 9.59 Å². The second kappa shape index (κ2) is 8.09. The lowest BCUT2D eigenvalue weighted by Crippen LogP contribution is -2.49. The number of carboxylic acids is 1. The SMILES string of the molecule is COC(CNC(=O)NC1CCCC(C)C1C)CC(=O)O. The Kier molecular flexibility index (Phi) is 6.78. The van der Waals surface area contributed by atoms with E-state index in [0.29, 0.717) is 11.8 Å². The molecule has 2 amide bonds. The largest absolute Gasteiger partial charge is 0.481 e. The van der Waals surface area contributed by atoms with Crippen molar-refractivity contribution in [3.8, 4) is 0 Å². The van der Waals surface area contributed by atoms with Gasteiger partial charge in [-0.1, -0.05) is 26.7 Å². The maximum Gasteiger partial charge on any atom is 0.315 e. The third-order valence-corrected chi connectivity index (χ3v) is 4.25. The molecule has 6 heteroatoms. The third kappa shape index (κ3) is 5.36. The summed E-state index contributed by atoms with van der Waals surface area (Å²) < 4.78 is 5.02. The highest BCUT2D eigenvalue weighted by Crippen LogP contribution is 2.29. The molecular weight excluding hydrogens is 260 g/mol. The first-order valence-corrected chi connectivity index (χ1v) is 7.23. The molecule has 1 saturated carbocycles. The highest BCUT2D eigenvalue weighted by molar-refractivity contribution is 5.74. The van der Waals surface area contributed by atoms with Gasteiger partial charge >= 0.3 is 12.0 Å². The minimum absolute atomic E-state index is 0.117. The van der Waals surface area contributed by atoms with Crippen LogP contribution in [0.15, 0.2) is 0 Å². The van der Waals surface area contributed by atoms with E-state index in [-0.39, 0.29) is 25.0 Å². The summed E-state index contributed by atoms with van der Waals surface area (Å²) >= 11 is 0. The van der Waals surface area contributed by atoms with Gasteiger partial charge in [-0.3, -0.25) is 4.79 Å². The van der Waals surface area contributed by atoms with Crippen LogP contribution in [0.4, 0.5) is 4.79 Å². The smallest absolute Gasteiger partial charge is 0.315 e. The van der Waals surface area contributed by atoms with Crippen LogP contribution in [0.3, 0.4) is 0 Å². The van der Waals surface area contributed by atoms with Crippen LogP contribution in [0.1, 0.15) is 39.5 Å². The average Bonchev–Trinajstić information content (AvgIpc) is 2.39. The van der Waals surface area contributed by atoms with Crippen LogP contribution in [0, 0.1) is 11.8 Å². The molecule has 0 aliphatic heterocycles. The van der Waals surface area contributed by atoms with Crippen LogP contribution >= 0.6 is 0 Å². The zero-order valence-corrected chi connectivity index (χ0v) is 12.5. The highest BCUT2D eigenvalue weighted by Gasteiger charge is 2.28. The fourth-order valence-corrected chi connectivity index (χ4v) is 2.65. The van der Waals surface area contributed by atoms with Gasteiger partial charge in [0.15, 0.2) is 0 Å². The number of hydrogen-bond acceptors (Lipinski definition) is 3. The second-order valence-corrected chi connectivity index (χ2v) is 5.68.